The Balaban J connectivity index is 4.82. The van der Waals surface area contributed by atoms with Crippen LogP contribution in [0.2, 0.25) is 0 Å². The molecule has 0 aromatic heterocycles. The third-order valence-electron chi connectivity index (χ3n) is 1.96. The maximum atomic E-state index is 12.1. The second kappa shape index (κ2) is 4.89. The Labute approximate surface area is 86.2 Å². The van der Waals surface area contributed by atoms with Crippen LogP contribution in [0.1, 0.15) is 6.42 Å². The average Bonchev–Trinajstić information content (AvgIpc) is 1.99. The number of hydrogen-bond donors (Lipinski definition) is 2. The Kier molecular flexibility index (Phi) is 4.59. The average molecular weight is 253 g/mol. The Bertz CT molecular complexity index is 248. The molecule has 0 aliphatic heterocycles. The molecule has 0 saturated carbocycles. The van der Waals surface area contributed by atoms with E-state index in [4.69, 9.17) is 5.11 Å². The Hall–Kier alpha value is -0.990. The van der Waals surface area contributed by atoms with Crippen LogP contribution in [-0.4, -0.2) is 30.0 Å². The molecule has 9 heteroatoms. The van der Waals surface area contributed by atoms with E-state index in [0.29, 0.717) is 0 Å². The quantitative estimate of drug-likeness (QED) is 0.750. The zero-order valence-corrected chi connectivity index (χ0v) is 7.77. The summed E-state index contributed by atoms with van der Waals surface area (Å²) >= 11 is 0. The second-order valence-electron chi connectivity index (χ2n) is 3.14. The highest BCUT2D eigenvalue weighted by Crippen LogP contribution is 2.37. The van der Waals surface area contributed by atoms with E-state index in [0.717, 1.165) is 0 Å². The molecule has 2 unspecified atom stereocenters. The fourth-order valence-electron chi connectivity index (χ4n) is 1.02. The first kappa shape index (κ1) is 15.0. The summed E-state index contributed by atoms with van der Waals surface area (Å²) in [5.74, 6) is -7.87. The number of carbonyl (C=O) groups is 1. The first-order chi connectivity index (χ1) is 7.00. The number of nitrogens with two attached hydrogens (primary N) is 1. The summed E-state index contributed by atoms with van der Waals surface area (Å²) in [6, 6.07) is 0. The molecular weight excluding hydrogens is 244 g/mol. The lowest BCUT2D eigenvalue weighted by atomic mass is 9.93. The smallest absolute Gasteiger partial charge is 0.402 e. The van der Waals surface area contributed by atoms with Gasteiger partial charge in [0.25, 0.3) is 0 Å². The molecule has 0 heterocycles. The highest BCUT2D eigenvalue weighted by Gasteiger charge is 2.50. The summed E-state index contributed by atoms with van der Waals surface area (Å²) in [5.41, 5.74) is 4.67. The van der Waals surface area contributed by atoms with Crippen LogP contribution in [0.4, 0.5) is 26.3 Å². The molecule has 2 atom stereocenters. The highest BCUT2D eigenvalue weighted by atomic mass is 19.4. The normalized spacial score (nSPS) is 16.9. The van der Waals surface area contributed by atoms with Gasteiger partial charge in [-0.15, -0.1) is 0 Å². The molecule has 16 heavy (non-hydrogen) atoms. The zero-order chi connectivity index (χ0) is 13.1. The minimum atomic E-state index is -5.22. The van der Waals surface area contributed by atoms with Crippen molar-refractivity contribution in [2.75, 3.05) is 6.54 Å². The van der Waals surface area contributed by atoms with Crippen LogP contribution in [0.3, 0.4) is 0 Å². The molecule has 0 radical (unpaired) electrons. The van der Waals surface area contributed by atoms with Gasteiger partial charge in [-0.3, -0.25) is 4.79 Å². The predicted molar refractivity (Wildman–Crippen MR) is 40.4 cm³/mol. The van der Waals surface area contributed by atoms with Crippen molar-refractivity contribution >= 4 is 5.97 Å². The van der Waals surface area contributed by atoms with Crippen molar-refractivity contribution in [3.8, 4) is 0 Å². The molecule has 0 fully saturated rings. The van der Waals surface area contributed by atoms with Crippen molar-refractivity contribution in [1.82, 2.24) is 0 Å². The van der Waals surface area contributed by atoms with Gasteiger partial charge in [0.05, 0.1) is 5.92 Å². The van der Waals surface area contributed by atoms with Crippen molar-refractivity contribution in [3.63, 3.8) is 0 Å². The molecule has 0 saturated heterocycles. The number of halogens is 6. The van der Waals surface area contributed by atoms with Gasteiger partial charge in [0, 0.05) is 6.54 Å². The predicted octanol–water partition coefficient (Wildman–Crippen LogP) is 1.78. The van der Waals surface area contributed by atoms with Crippen LogP contribution < -0.4 is 5.73 Å². The van der Waals surface area contributed by atoms with E-state index in [1.165, 1.54) is 0 Å². The molecule has 0 spiro atoms. The molecule has 0 aromatic rings. The van der Waals surface area contributed by atoms with Gasteiger partial charge in [-0.25, -0.2) is 0 Å². The molecule has 0 bridgehead atoms. The fraction of sp³-hybridized carbons (Fsp3) is 0.857. The number of alkyl halides is 6. The third kappa shape index (κ3) is 4.25. The first-order valence-corrected chi connectivity index (χ1v) is 4.06. The van der Waals surface area contributed by atoms with E-state index in [9.17, 15) is 31.1 Å². The Morgan fingerprint density at radius 3 is 1.75 bits per heavy atom. The van der Waals surface area contributed by atoms with Gasteiger partial charge in [0.1, 0.15) is 0 Å². The van der Waals surface area contributed by atoms with E-state index in [-0.39, 0.29) is 0 Å². The van der Waals surface area contributed by atoms with Crippen LogP contribution in [0.15, 0.2) is 0 Å². The van der Waals surface area contributed by atoms with Crippen LogP contribution in [0.5, 0.6) is 0 Å². The molecule has 0 aromatic carbocycles. The fourth-order valence-corrected chi connectivity index (χ4v) is 1.02. The number of rotatable bonds is 4. The lowest BCUT2D eigenvalue weighted by molar-refractivity contribution is -0.214. The molecule has 0 amide bonds. The van der Waals surface area contributed by atoms with Gasteiger partial charge in [-0.2, -0.15) is 26.3 Å². The first-order valence-electron chi connectivity index (χ1n) is 4.06. The molecule has 3 nitrogen and oxygen atoms in total. The van der Waals surface area contributed by atoms with Gasteiger partial charge < -0.3 is 10.8 Å². The SMILES string of the molecule is NCC(CC(C(=O)O)C(F)(F)F)C(F)(F)F. The summed E-state index contributed by atoms with van der Waals surface area (Å²) < 4.78 is 72.5. The third-order valence-corrected chi connectivity index (χ3v) is 1.96. The van der Waals surface area contributed by atoms with Crippen molar-refractivity contribution < 1.29 is 36.2 Å². The van der Waals surface area contributed by atoms with E-state index >= 15 is 0 Å². The van der Waals surface area contributed by atoms with E-state index in [1.54, 1.807) is 0 Å². The Morgan fingerprint density at radius 2 is 1.56 bits per heavy atom. The van der Waals surface area contributed by atoms with Gasteiger partial charge >= 0.3 is 18.3 Å². The number of hydrogen-bond acceptors (Lipinski definition) is 2. The van der Waals surface area contributed by atoms with Gasteiger partial charge in [0.15, 0.2) is 5.92 Å². The molecule has 0 rings (SSSR count). The molecule has 3 N–H and O–H groups in total. The minimum Gasteiger partial charge on any atom is -0.481 e. The maximum Gasteiger partial charge on any atom is 0.402 e. The van der Waals surface area contributed by atoms with Crippen LogP contribution in [-0.2, 0) is 4.79 Å². The summed E-state index contributed by atoms with van der Waals surface area (Å²) in [7, 11) is 0. The number of carboxylic acids is 1. The van der Waals surface area contributed by atoms with Crippen molar-refractivity contribution in [2.24, 2.45) is 17.6 Å². The van der Waals surface area contributed by atoms with Crippen LogP contribution in [0, 0.1) is 11.8 Å². The highest BCUT2D eigenvalue weighted by molar-refractivity contribution is 5.70. The zero-order valence-electron chi connectivity index (χ0n) is 7.77. The van der Waals surface area contributed by atoms with Gasteiger partial charge in [-0.1, -0.05) is 0 Å². The molecule has 0 aliphatic carbocycles. The van der Waals surface area contributed by atoms with E-state index in [1.807, 2.05) is 0 Å². The molecular formula is C7H9F6NO2. The van der Waals surface area contributed by atoms with Gasteiger partial charge in [-0.05, 0) is 6.42 Å². The minimum absolute atomic E-state index is 1.08. The summed E-state index contributed by atoms with van der Waals surface area (Å²) in [6.45, 7) is -1.08. The van der Waals surface area contributed by atoms with Crippen LogP contribution >= 0.6 is 0 Å². The standard InChI is InChI=1S/C7H9F6NO2/c8-6(9,10)3(2-14)1-4(5(15)16)7(11,12)13/h3-4H,1-2,14H2,(H,15,16). The van der Waals surface area contributed by atoms with Crippen molar-refractivity contribution in [3.05, 3.63) is 0 Å². The topological polar surface area (TPSA) is 63.3 Å². The van der Waals surface area contributed by atoms with E-state index < -0.39 is 43.1 Å². The van der Waals surface area contributed by atoms with Gasteiger partial charge in [0.2, 0.25) is 0 Å². The Morgan fingerprint density at radius 1 is 1.12 bits per heavy atom. The summed E-state index contributed by atoms with van der Waals surface area (Å²) in [6.07, 6.45) is -11.8. The summed E-state index contributed by atoms with van der Waals surface area (Å²) in [4.78, 5) is 10.2. The second-order valence-corrected chi connectivity index (χ2v) is 3.14. The lowest BCUT2D eigenvalue weighted by Gasteiger charge is -2.23. The maximum absolute atomic E-state index is 12.1. The monoisotopic (exact) mass is 253 g/mol. The lowest BCUT2D eigenvalue weighted by Crippen LogP contribution is -2.39. The van der Waals surface area contributed by atoms with Crippen molar-refractivity contribution in [2.45, 2.75) is 18.8 Å². The molecule has 0 aliphatic rings. The van der Waals surface area contributed by atoms with Crippen LogP contribution in [0.25, 0.3) is 0 Å². The molecule has 96 valence electrons. The largest absolute Gasteiger partial charge is 0.481 e. The number of carboxylic acid groups (broad SMARTS) is 1. The summed E-state index contributed by atoms with van der Waals surface area (Å²) in [5, 5.41) is 8.19. The number of aliphatic carboxylic acids is 1. The van der Waals surface area contributed by atoms with E-state index in [2.05, 4.69) is 5.73 Å². The van der Waals surface area contributed by atoms with Crippen molar-refractivity contribution in [1.29, 1.82) is 0 Å².